The molecular formula is C25H24ClN2O4S2+. The first-order chi connectivity index (χ1) is 16.4. The van der Waals surface area contributed by atoms with E-state index in [0.717, 1.165) is 42.8 Å². The van der Waals surface area contributed by atoms with Crippen LogP contribution in [0.3, 0.4) is 0 Å². The smallest absolute Gasteiger partial charge is 0.309 e. The van der Waals surface area contributed by atoms with Crippen LogP contribution < -0.4 is 9.47 Å². The van der Waals surface area contributed by atoms with Crippen LogP contribution in [0.15, 0.2) is 64.0 Å². The molecule has 0 fully saturated rings. The van der Waals surface area contributed by atoms with Gasteiger partial charge in [-0.3, -0.25) is 9.59 Å². The number of rotatable bonds is 9. The van der Waals surface area contributed by atoms with E-state index in [1.54, 1.807) is 23.1 Å². The Morgan fingerprint density at radius 1 is 1.12 bits per heavy atom. The van der Waals surface area contributed by atoms with Gasteiger partial charge in [0.05, 0.1) is 17.1 Å². The minimum Gasteiger partial charge on any atom is -0.481 e. The van der Waals surface area contributed by atoms with Crippen LogP contribution in [0.2, 0.25) is 5.02 Å². The highest BCUT2D eigenvalue weighted by Crippen LogP contribution is 2.47. The second-order valence-electron chi connectivity index (χ2n) is 7.77. The molecule has 0 radical (unpaired) electrons. The number of carboxylic acids is 2. The number of hydrogen-bond acceptors (Lipinski definition) is 5. The van der Waals surface area contributed by atoms with Crippen LogP contribution in [0.25, 0.3) is 16.3 Å². The molecular weight excluding hydrogens is 492 g/mol. The topological polar surface area (TPSA) is 81.7 Å². The largest absolute Gasteiger partial charge is 0.481 e. The Morgan fingerprint density at radius 3 is 2.62 bits per heavy atom. The average Bonchev–Trinajstić information content (AvgIpc) is 3.32. The van der Waals surface area contributed by atoms with Gasteiger partial charge in [-0.2, -0.15) is 4.57 Å². The molecule has 0 saturated heterocycles. The van der Waals surface area contributed by atoms with Crippen LogP contribution in [0.5, 0.6) is 0 Å². The highest BCUT2D eigenvalue weighted by atomic mass is 35.5. The number of fused-ring (bicyclic) bond motifs is 2. The van der Waals surface area contributed by atoms with Crippen molar-refractivity contribution in [3.8, 4) is 0 Å². The minimum absolute atomic E-state index is 0.0144. The van der Waals surface area contributed by atoms with Crippen molar-refractivity contribution in [2.75, 3.05) is 11.4 Å². The van der Waals surface area contributed by atoms with Gasteiger partial charge in [0.2, 0.25) is 5.52 Å². The molecule has 6 nitrogen and oxygen atoms in total. The van der Waals surface area contributed by atoms with Gasteiger partial charge in [0.25, 0.3) is 5.01 Å². The maximum atomic E-state index is 11.3. The third kappa shape index (κ3) is 5.46. The summed E-state index contributed by atoms with van der Waals surface area (Å²) in [6.45, 7) is 2.81. The second-order valence-corrected chi connectivity index (χ2v) is 10.3. The van der Waals surface area contributed by atoms with E-state index in [2.05, 4.69) is 23.6 Å². The molecule has 34 heavy (non-hydrogen) atoms. The van der Waals surface area contributed by atoms with E-state index < -0.39 is 11.9 Å². The normalized spacial score (nSPS) is 14.7. The number of thiazole rings is 1. The Balaban J connectivity index is 1.73. The number of aryl methyl sites for hydroxylation is 1. The van der Waals surface area contributed by atoms with Crippen molar-refractivity contribution < 1.29 is 24.4 Å². The molecule has 1 aliphatic rings. The van der Waals surface area contributed by atoms with Crippen LogP contribution in [-0.2, 0) is 16.1 Å². The lowest BCUT2D eigenvalue weighted by molar-refractivity contribution is -0.667. The van der Waals surface area contributed by atoms with Crippen molar-refractivity contribution in [1.29, 1.82) is 0 Å². The molecule has 176 valence electrons. The number of para-hydroxylation sites is 1. The Morgan fingerprint density at radius 2 is 1.88 bits per heavy atom. The van der Waals surface area contributed by atoms with Crippen molar-refractivity contribution >= 4 is 68.6 Å². The highest BCUT2D eigenvalue weighted by molar-refractivity contribution is 8.03. The fourth-order valence-electron chi connectivity index (χ4n) is 3.78. The summed E-state index contributed by atoms with van der Waals surface area (Å²) >= 11 is 9.45. The SMILES string of the molecule is CCC(=Cc1sc2ccccc2[n+]1CCC(=O)O)C=C1Sc2ccc(Cl)cc2N1CCC(=O)O. The lowest BCUT2D eigenvalue weighted by Crippen LogP contribution is -2.36. The number of halogens is 1. The van der Waals surface area contributed by atoms with Gasteiger partial charge in [0.1, 0.15) is 11.1 Å². The summed E-state index contributed by atoms with van der Waals surface area (Å²) in [5.74, 6) is -1.68. The van der Waals surface area contributed by atoms with Gasteiger partial charge in [0.15, 0.2) is 6.54 Å². The number of carboxylic acid groups (broad SMARTS) is 2. The Kier molecular flexibility index (Phi) is 7.60. The molecule has 0 atom stereocenters. The quantitative estimate of drug-likeness (QED) is 0.338. The summed E-state index contributed by atoms with van der Waals surface area (Å²) in [5, 5.41) is 21.0. The number of anilines is 1. The van der Waals surface area contributed by atoms with E-state index in [0.29, 0.717) is 18.1 Å². The van der Waals surface area contributed by atoms with Gasteiger partial charge in [-0.1, -0.05) is 53.8 Å². The van der Waals surface area contributed by atoms with Crippen LogP contribution in [-0.4, -0.2) is 28.7 Å². The van der Waals surface area contributed by atoms with E-state index in [-0.39, 0.29) is 12.8 Å². The molecule has 0 unspecified atom stereocenters. The molecule has 0 amide bonds. The van der Waals surface area contributed by atoms with Gasteiger partial charge in [0, 0.05) is 28.6 Å². The molecule has 3 aromatic rings. The van der Waals surface area contributed by atoms with Crippen LogP contribution in [0, 0.1) is 0 Å². The second kappa shape index (κ2) is 10.6. The van der Waals surface area contributed by atoms with Crippen LogP contribution >= 0.6 is 34.7 Å². The number of aliphatic carboxylic acids is 2. The molecule has 2 aromatic carbocycles. The van der Waals surface area contributed by atoms with E-state index >= 15 is 0 Å². The summed E-state index contributed by atoms with van der Waals surface area (Å²) in [6.07, 6.45) is 5.02. The Hall–Kier alpha value is -2.81. The molecule has 4 rings (SSSR count). The Labute approximate surface area is 210 Å². The number of allylic oxidation sites excluding steroid dienone is 2. The van der Waals surface area contributed by atoms with Crippen molar-refractivity contribution in [1.82, 2.24) is 0 Å². The van der Waals surface area contributed by atoms with Gasteiger partial charge in [-0.05, 0) is 42.3 Å². The fraction of sp³-hybridized carbons (Fsp3) is 0.240. The lowest BCUT2D eigenvalue weighted by Gasteiger charge is -2.20. The van der Waals surface area contributed by atoms with Gasteiger partial charge >= 0.3 is 11.9 Å². The number of aromatic nitrogens is 1. The highest BCUT2D eigenvalue weighted by Gasteiger charge is 2.26. The summed E-state index contributed by atoms with van der Waals surface area (Å²) in [5.41, 5.74) is 3.00. The van der Waals surface area contributed by atoms with E-state index in [4.69, 9.17) is 11.6 Å². The minimum atomic E-state index is -0.851. The number of benzene rings is 2. The monoisotopic (exact) mass is 515 g/mol. The fourth-order valence-corrected chi connectivity index (χ4v) is 6.26. The van der Waals surface area contributed by atoms with E-state index in [1.807, 2.05) is 47.4 Å². The number of nitrogens with zero attached hydrogens (tertiary/aromatic N) is 2. The zero-order valence-corrected chi connectivity index (χ0v) is 20.9. The summed E-state index contributed by atoms with van der Waals surface area (Å²) < 4.78 is 3.16. The van der Waals surface area contributed by atoms with Crippen molar-refractivity contribution in [2.24, 2.45) is 0 Å². The third-order valence-corrected chi connectivity index (χ3v) is 7.91. The van der Waals surface area contributed by atoms with E-state index in [9.17, 15) is 19.8 Å². The zero-order valence-electron chi connectivity index (χ0n) is 18.5. The summed E-state index contributed by atoms with van der Waals surface area (Å²) in [4.78, 5) is 25.5. The molecule has 0 bridgehead atoms. The van der Waals surface area contributed by atoms with Gasteiger partial charge in [-0.15, -0.1) is 0 Å². The van der Waals surface area contributed by atoms with Crippen molar-refractivity contribution in [2.45, 2.75) is 37.6 Å². The molecule has 0 spiro atoms. The Bertz CT molecular complexity index is 1320. The predicted octanol–water partition coefficient (Wildman–Crippen LogP) is 6.04. The zero-order chi connectivity index (χ0) is 24.2. The number of thioether (sulfide) groups is 1. The third-order valence-electron chi connectivity index (χ3n) is 5.45. The maximum Gasteiger partial charge on any atom is 0.309 e. The van der Waals surface area contributed by atoms with Crippen LogP contribution in [0.1, 0.15) is 31.2 Å². The molecule has 0 aliphatic carbocycles. The van der Waals surface area contributed by atoms with Crippen LogP contribution in [0.4, 0.5) is 5.69 Å². The molecule has 1 aromatic heterocycles. The van der Waals surface area contributed by atoms with Gasteiger partial charge < -0.3 is 15.1 Å². The van der Waals surface area contributed by atoms with Crippen molar-refractivity contribution in [3.63, 3.8) is 0 Å². The molecule has 1 aliphatic heterocycles. The number of carbonyl (C=O) groups is 2. The number of hydrogen-bond donors (Lipinski definition) is 2. The lowest BCUT2D eigenvalue weighted by atomic mass is 10.2. The van der Waals surface area contributed by atoms with E-state index in [1.165, 1.54) is 0 Å². The average molecular weight is 516 g/mol. The summed E-state index contributed by atoms with van der Waals surface area (Å²) in [7, 11) is 0. The predicted molar refractivity (Wildman–Crippen MR) is 138 cm³/mol. The molecule has 9 heteroatoms. The first kappa shape index (κ1) is 24.3. The molecule has 0 saturated carbocycles. The van der Waals surface area contributed by atoms with Gasteiger partial charge in [-0.25, -0.2) is 0 Å². The standard InChI is InChI=1S/C25H23ClN2O4S2/c1-2-16(13-22-27(11-9-24(29)30)18-5-3-4-6-20(18)33-22)14-23-28(12-10-25(31)32)19-15-17(26)7-8-21(19)34-23/h3-8,13-15H,2,9-12H2,1H3,(H-,29,30,31,32)/p+1. The summed E-state index contributed by atoms with van der Waals surface area (Å²) in [6, 6.07) is 13.7. The molecule has 2 heterocycles. The first-order valence-electron chi connectivity index (χ1n) is 10.9. The maximum absolute atomic E-state index is 11.3. The first-order valence-corrected chi connectivity index (χ1v) is 12.9. The van der Waals surface area contributed by atoms with Crippen molar-refractivity contribution in [3.05, 3.63) is 69.2 Å². The molecule has 2 N–H and O–H groups in total.